The molecule has 0 radical (unpaired) electrons. The lowest BCUT2D eigenvalue weighted by Crippen LogP contribution is -1.65. The van der Waals surface area contributed by atoms with Crippen LogP contribution in [0.4, 0.5) is 5.13 Å². The molecule has 8 heavy (non-hydrogen) atoms. The molecule has 0 saturated carbocycles. The van der Waals surface area contributed by atoms with Crippen molar-refractivity contribution >= 4 is 16.5 Å². The van der Waals surface area contributed by atoms with Crippen molar-refractivity contribution in [1.29, 1.82) is 0 Å². The maximum Gasteiger partial charge on any atom is 0.211 e. The smallest absolute Gasteiger partial charge is 0.211 e. The first kappa shape index (κ1) is 5.30. The molecule has 0 aromatic carbocycles. The minimum atomic E-state index is 0.308. The second-order valence-electron chi connectivity index (χ2n) is 1.20. The van der Waals surface area contributed by atoms with Gasteiger partial charge in [0.1, 0.15) is 5.01 Å². The summed E-state index contributed by atoms with van der Waals surface area (Å²) in [6, 6.07) is 0. The van der Waals surface area contributed by atoms with Crippen molar-refractivity contribution in [3.8, 4) is 0 Å². The fourth-order valence-electron chi connectivity index (χ4n) is 0.327. The summed E-state index contributed by atoms with van der Waals surface area (Å²) in [4.78, 5) is 0. The van der Waals surface area contributed by atoms with Crippen LogP contribution in [0.1, 0.15) is 5.01 Å². The van der Waals surface area contributed by atoms with Gasteiger partial charge in [0.2, 0.25) is 5.13 Å². The molecule has 1 heterocycles. The largest absolute Gasteiger partial charge is 0.704 e. The first-order chi connectivity index (χ1) is 3.83. The summed E-state index contributed by atoms with van der Waals surface area (Å²) < 4.78 is 0. The van der Waals surface area contributed by atoms with Gasteiger partial charge >= 0.3 is 0 Å². The Bertz CT molecular complexity index is 193. The van der Waals surface area contributed by atoms with Crippen molar-refractivity contribution in [2.45, 2.75) is 6.92 Å². The van der Waals surface area contributed by atoms with E-state index in [0.717, 1.165) is 5.01 Å². The lowest BCUT2D eigenvalue weighted by Gasteiger charge is -1.79. The van der Waals surface area contributed by atoms with E-state index in [1.165, 1.54) is 11.3 Å². The van der Waals surface area contributed by atoms with E-state index in [9.17, 15) is 0 Å². The fraction of sp³-hybridized carbons (Fsp3) is 0.333. The third-order valence-corrected chi connectivity index (χ3v) is 1.32. The zero-order valence-electron chi connectivity index (χ0n) is 4.20. The minimum absolute atomic E-state index is 0.308. The van der Waals surface area contributed by atoms with Crippen molar-refractivity contribution in [3.05, 3.63) is 10.5 Å². The van der Waals surface area contributed by atoms with Crippen LogP contribution in [-0.2, 0) is 0 Å². The Morgan fingerprint density at radius 1 is 1.62 bits per heavy atom. The van der Waals surface area contributed by atoms with Gasteiger partial charge in [-0.3, -0.25) is 0 Å². The molecule has 0 fully saturated rings. The number of rotatable bonds is 1. The predicted octanol–water partition coefficient (Wildman–Crippen LogP) is 1.50. The highest BCUT2D eigenvalue weighted by Crippen LogP contribution is 2.15. The van der Waals surface area contributed by atoms with Crippen LogP contribution < -0.4 is 0 Å². The van der Waals surface area contributed by atoms with Gasteiger partial charge in [0.25, 0.3) is 0 Å². The molecule has 5 heteroatoms. The van der Waals surface area contributed by atoms with Crippen LogP contribution in [0.5, 0.6) is 0 Å². The molecule has 0 spiro atoms. The van der Waals surface area contributed by atoms with Crippen LogP contribution >= 0.6 is 11.3 Å². The van der Waals surface area contributed by atoms with E-state index in [0.29, 0.717) is 5.13 Å². The lowest BCUT2D eigenvalue weighted by molar-refractivity contribution is 1.04. The molecule has 1 aromatic rings. The fourth-order valence-corrected chi connectivity index (χ4v) is 0.795. The molecule has 0 amide bonds. The molecule has 0 atom stereocenters. The number of hydrogen-bond donors (Lipinski definition) is 0. The van der Waals surface area contributed by atoms with Crippen LogP contribution in [0.2, 0.25) is 0 Å². The van der Waals surface area contributed by atoms with Gasteiger partial charge in [-0.25, -0.2) is 0 Å². The number of aromatic nitrogens is 2. The normalized spacial score (nSPS) is 9.12. The maximum absolute atomic E-state index is 8.08. The number of aryl methyl sites for hydroxylation is 1. The van der Waals surface area contributed by atoms with Crippen LogP contribution in [0.15, 0.2) is 5.11 Å². The molecule has 1 aromatic heterocycles. The SMILES string of the molecule is Cc1nnc(N=[N-])s1. The Hall–Kier alpha value is -0.840. The molecule has 0 N–H and O–H groups in total. The summed E-state index contributed by atoms with van der Waals surface area (Å²) in [5.41, 5.74) is 8.08. The Morgan fingerprint density at radius 3 is 2.62 bits per heavy atom. The molecule has 0 bridgehead atoms. The van der Waals surface area contributed by atoms with Gasteiger partial charge < -0.3 is 10.6 Å². The average molecular weight is 127 g/mol. The first-order valence-electron chi connectivity index (χ1n) is 1.98. The van der Waals surface area contributed by atoms with Crippen molar-refractivity contribution in [2.75, 3.05) is 0 Å². The third-order valence-electron chi connectivity index (χ3n) is 0.601. The van der Waals surface area contributed by atoms with Crippen molar-refractivity contribution < 1.29 is 0 Å². The third kappa shape index (κ3) is 0.865. The predicted molar refractivity (Wildman–Crippen MR) is 30.1 cm³/mol. The summed E-state index contributed by atoms with van der Waals surface area (Å²) in [5.74, 6) is 0. The van der Waals surface area contributed by atoms with Crippen molar-refractivity contribution in [3.63, 3.8) is 0 Å². The molecule has 0 aliphatic rings. The van der Waals surface area contributed by atoms with E-state index >= 15 is 0 Å². The van der Waals surface area contributed by atoms with Gasteiger partial charge in [-0.15, -0.1) is 10.2 Å². The van der Waals surface area contributed by atoms with Gasteiger partial charge in [-0.05, 0) is 6.92 Å². The van der Waals surface area contributed by atoms with Crippen LogP contribution in [0, 0.1) is 6.92 Å². The van der Waals surface area contributed by atoms with E-state index < -0.39 is 0 Å². The molecule has 0 aliphatic carbocycles. The summed E-state index contributed by atoms with van der Waals surface area (Å²) in [6.45, 7) is 1.80. The number of nitrogens with zero attached hydrogens (tertiary/aromatic N) is 4. The Balaban J connectivity index is 3.00. The molecule has 42 valence electrons. The standard InChI is InChI=1S/C3H3N4S/c1-2-6-7-3(5-4)8-2/h1H3/q-1. The highest BCUT2D eigenvalue weighted by atomic mass is 32.1. The molecule has 4 nitrogen and oxygen atoms in total. The van der Waals surface area contributed by atoms with Gasteiger partial charge in [0, 0.05) is 0 Å². The van der Waals surface area contributed by atoms with Crippen molar-refractivity contribution in [2.24, 2.45) is 5.11 Å². The monoisotopic (exact) mass is 127 g/mol. The minimum Gasteiger partial charge on any atom is -0.704 e. The van der Waals surface area contributed by atoms with E-state index in [2.05, 4.69) is 15.3 Å². The van der Waals surface area contributed by atoms with E-state index in [4.69, 9.17) is 5.53 Å². The molecule has 0 unspecified atom stereocenters. The van der Waals surface area contributed by atoms with Crippen LogP contribution in [0.25, 0.3) is 5.53 Å². The zero-order valence-corrected chi connectivity index (χ0v) is 5.01. The number of hydrogen-bond acceptors (Lipinski definition) is 4. The summed E-state index contributed by atoms with van der Waals surface area (Å²) in [7, 11) is 0. The van der Waals surface area contributed by atoms with Gasteiger partial charge in [-0.1, -0.05) is 11.3 Å². The highest BCUT2D eigenvalue weighted by Gasteiger charge is 1.90. The lowest BCUT2D eigenvalue weighted by atomic mass is 10.9. The van der Waals surface area contributed by atoms with Gasteiger partial charge in [0.15, 0.2) is 0 Å². The first-order valence-corrected chi connectivity index (χ1v) is 2.80. The highest BCUT2D eigenvalue weighted by molar-refractivity contribution is 7.14. The van der Waals surface area contributed by atoms with Crippen LogP contribution in [0.3, 0.4) is 0 Å². The summed E-state index contributed by atoms with van der Waals surface area (Å²) in [5, 5.41) is 11.0. The second kappa shape index (κ2) is 1.95. The summed E-state index contributed by atoms with van der Waals surface area (Å²) >= 11 is 1.25. The Labute approximate surface area is 50.1 Å². The van der Waals surface area contributed by atoms with Gasteiger partial charge in [0.05, 0.1) is 0 Å². The zero-order chi connectivity index (χ0) is 5.98. The van der Waals surface area contributed by atoms with E-state index in [1.54, 1.807) is 6.92 Å². The molecular weight excluding hydrogens is 124 g/mol. The molecule has 0 saturated heterocycles. The molecule has 1 rings (SSSR count). The molecular formula is C3H3N4S-. The average Bonchev–Trinajstić information content (AvgIpc) is 2.14. The topological polar surface area (TPSA) is 60.4 Å². The quantitative estimate of drug-likeness (QED) is 0.536. The van der Waals surface area contributed by atoms with Gasteiger partial charge in [-0.2, -0.15) is 0 Å². The second-order valence-corrected chi connectivity index (χ2v) is 2.36. The Morgan fingerprint density at radius 2 is 2.38 bits per heavy atom. The maximum atomic E-state index is 8.08. The summed E-state index contributed by atoms with van der Waals surface area (Å²) in [6.07, 6.45) is 0. The van der Waals surface area contributed by atoms with Crippen molar-refractivity contribution in [1.82, 2.24) is 10.2 Å². The molecule has 0 aliphatic heterocycles. The van der Waals surface area contributed by atoms with Crippen LogP contribution in [-0.4, -0.2) is 10.2 Å². The Kier molecular flexibility index (Phi) is 1.29. The van der Waals surface area contributed by atoms with E-state index in [-0.39, 0.29) is 0 Å². The van der Waals surface area contributed by atoms with E-state index in [1.807, 2.05) is 0 Å².